The number of hydrogen-bond donors (Lipinski definition) is 1. The molecule has 2 rings (SSSR count). The first-order chi connectivity index (χ1) is 9.22. The van der Waals surface area contributed by atoms with Gasteiger partial charge in [0.05, 0.1) is 12.0 Å². The lowest BCUT2D eigenvalue weighted by atomic mass is 10.2. The summed E-state index contributed by atoms with van der Waals surface area (Å²) in [5.74, 6) is 0.806. The Bertz CT molecular complexity index is 581. The predicted octanol–water partition coefficient (Wildman–Crippen LogP) is 3.07. The predicted molar refractivity (Wildman–Crippen MR) is 74.2 cm³/mol. The average Bonchev–Trinajstić information content (AvgIpc) is 2.76. The molecule has 0 aliphatic rings. The summed E-state index contributed by atoms with van der Waals surface area (Å²) in [7, 11) is 0. The largest absolute Gasteiger partial charge is 0.488 e. The Hall–Kier alpha value is -1.99. The minimum atomic E-state index is 0.248. The molecule has 0 fully saturated rings. The van der Waals surface area contributed by atoms with E-state index in [2.05, 4.69) is 19.2 Å². The summed E-state index contributed by atoms with van der Waals surface area (Å²) in [6.45, 7) is 5.68. The molecule has 2 aromatic rings. The van der Waals surface area contributed by atoms with Gasteiger partial charge in [0.25, 0.3) is 0 Å². The Labute approximate surface area is 113 Å². The van der Waals surface area contributed by atoms with Crippen LogP contribution in [0.2, 0.25) is 0 Å². The van der Waals surface area contributed by atoms with Gasteiger partial charge in [0.15, 0.2) is 5.75 Å². The number of para-hydroxylation sites is 1. The molecule has 1 aromatic heterocycles. The van der Waals surface area contributed by atoms with Gasteiger partial charge in [-0.3, -0.25) is 0 Å². The van der Waals surface area contributed by atoms with Crippen molar-refractivity contribution in [2.45, 2.75) is 26.3 Å². The molecule has 0 aliphatic heterocycles. The first-order valence-electron chi connectivity index (χ1n) is 6.50. The molecular weight excluding hydrogens is 240 g/mol. The molecule has 0 saturated heterocycles. The van der Waals surface area contributed by atoms with Gasteiger partial charge in [-0.05, 0) is 25.1 Å². The van der Waals surface area contributed by atoms with Crippen LogP contribution in [0, 0.1) is 11.3 Å². The van der Waals surface area contributed by atoms with Crippen LogP contribution in [-0.2, 0) is 0 Å². The Morgan fingerprint density at radius 1 is 1.37 bits per heavy atom. The second-order valence-electron chi connectivity index (χ2n) is 4.68. The molecule has 0 amide bonds. The van der Waals surface area contributed by atoms with E-state index in [-0.39, 0.29) is 5.76 Å². The summed E-state index contributed by atoms with van der Waals surface area (Å²) in [4.78, 5) is 0. The number of fused-ring (bicyclic) bond motifs is 1. The van der Waals surface area contributed by atoms with E-state index in [0.717, 1.165) is 18.4 Å². The summed E-state index contributed by atoms with van der Waals surface area (Å²) in [6.07, 6.45) is 0.891. The topological polar surface area (TPSA) is 58.2 Å². The van der Waals surface area contributed by atoms with Gasteiger partial charge in [0, 0.05) is 6.04 Å². The molecule has 1 N–H and O–H groups in total. The highest BCUT2D eigenvalue weighted by atomic mass is 16.5. The van der Waals surface area contributed by atoms with Crippen LogP contribution in [0.15, 0.2) is 28.7 Å². The standard InChI is InChI=1S/C15H18N2O2/c1-11(2)17-8-5-9-18-15-12-6-3-4-7-13(12)19-14(15)10-16/h3-4,6-7,11,17H,5,8-9H2,1-2H3. The number of ether oxygens (including phenoxy) is 1. The number of nitrogens with one attached hydrogen (secondary N) is 1. The van der Waals surface area contributed by atoms with Gasteiger partial charge in [0.1, 0.15) is 11.7 Å². The quantitative estimate of drug-likeness (QED) is 0.809. The zero-order valence-corrected chi connectivity index (χ0v) is 11.3. The van der Waals surface area contributed by atoms with Crippen LogP contribution in [0.1, 0.15) is 26.0 Å². The van der Waals surface area contributed by atoms with E-state index in [4.69, 9.17) is 14.4 Å². The molecule has 0 saturated carbocycles. The highest BCUT2D eigenvalue weighted by Gasteiger charge is 2.14. The molecule has 0 bridgehead atoms. The van der Waals surface area contributed by atoms with Gasteiger partial charge in [-0.25, -0.2) is 0 Å². The van der Waals surface area contributed by atoms with Crippen molar-refractivity contribution < 1.29 is 9.15 Å². The lowest BCUT2D eigenvalue weighted by Gasteiger charge is -2.08. The van der Waals surface area contributed by atoms with Gasteiger partial charge in [-0.15, -0.1) is 0 Å². The number of nitriles is 1. The SMILES string of the molecule is CC(C)NCCCOc1c(C#N)oc2ccccc12. The summed E-state index contributed by atoms with van der Waals surface area (Å²) in [5.41, 5.74) is 0.689. The van der Waals surface area contributed by atoms with Crippen molar-refractivity contribution >= 4 is 11.0 Å². The van der Waals surface area contributed by atoms with Gasteiger partial charge < -0.3 is 14.5 Å². The fourth-order valence-electron chi connectivity index (χ4n) is 1.88. The lowest BCUT2D eigenvalue weighted by Crippen LogP contribution is -2.24. The Morgan fingerprint density at radius 3 is 2.89 bits per heavy atom. The van der Waals surface area contributed by atoms with Crippen LogP contribution in [0.3, 0.4) is 0 Å². The second kappa shape index (κ2) is 6.26. The number of hydrogen-bond acceptors (Lipinski definition) is 4. The molecule has 0 spiro atoms. The first-order valence-corrected chi connectivity index (χ1v) is 6.50. The van der Waals surface area contributed by atoms with Gasteiger partial charge in [0.2, 0.25) is 5.76 Å². The fourth-order valence-corrected chi connectivity index (χ4v) is 1.88. The zero-order valence-electron chi connectivity index (χ0n) is 11.3. The van der Waals surface area contributed by atoms with Crippen LogP contribution >= 0.6 is 0 Å². The maximum absolute atomic E-state index is 9.06. The van der Waals surface area contributed by atoms with Crippen molar-refractivity contribution in [1.29, 1.82) is 5.26 Å². The summed E-state index contributed by atoms with van der Waals surface area (Å²) < 4.78 is 11.1. The molecule has 100 valence electrons. The number of furan rings is 1. The molecule has 4 nitrogen and oxygen atoms in total. The van der Waals surface area contributed by atoms with E-state index in [0.29, 0.717) is 24.0 Å². The average molecular weight is 258 g/mol. The third-order valence-electron chi connectivity index (χ3n) is 2.77. The van der Waals surface area contributed by atoms with Crippen LogP contribution in [0.4, 0.5) is 0 Å². The Kier molecular flexibility index (Phi) is 4.43. The van der Waals surface area contributed by atoms with Gasteiger partial charge in [-0.1, -0.05) is 26.0 Å². The third kappa shape index (κ3) is 3.27. The first kappa shape index (κ1) is 13.4. The second-order valence-corrected chi connectivity index (χ2v) is 4.68. The summed E-state index contributed by atoms with van der Waals surface area (Å²) in [6, 6.07) is 10.0. The van der Waals surface area contributed by atoms with Crippen molar-refractivity contribution in [3.05, 3.63) is 30.0 Å². The van der Waals surface area contributed by atoms with Gasteiger partial charge >= 0.3 is 0 Å². The van der Waals surface area contributed by atoms with E-state index in [1.165, 1.54) is 0 Å². The third-order valence-corrected chi connectivity index (χ3v) is 2.77. The van der Waals surface area contributed by atoms with E-state index >= 15 is 0 Å². The number of nitrogens with zero attached hydrogens (tertiary/aromatic N) is 1. The zero-order chi connectivity index (χ0) is 13.7. The lowest BCUT2D eigenvalue weighted by molar-refractivity contribution is 0.304. The summed E-state index contributed by atoms with van der Waals surface area (Å²) in [5, 5.41) is 13.2. The molecule has 1 aromatic carbocycles. The normalized spacial score (nSPS) is 10.8. The molecule has 0 radical (unpaired) electrons. The summed E-state index contributed by atoms with van der Waals surface area (Å²) >= 11 is 0. The van der Waals surface area contributed by atoms with E-state index < -0.39 is 0 Å². The van der Waals surface area contributed by atoms with Crippen molar-refractivity contribution in [3.8, 4) is 11.8 Å². The highest BCUT2D eigenvalue weighted by molar-refractivity contribution is 5.86. The maximum Gasteiger partial charge on any atom is 0.246 e. The van der Waals surface area contributed by atoms with Gasteiger partial charge in [-0.2, -0.15) is 5.26 Å². The molecular formula is C15H18N2O2. The molecule has 1 heterocycles. The van der Waals surface area contributed by atoms with Crippen LogP contribution < -0.4 is 10.1 Å². The van der Waals surface area contributed by atoms with Crippen LogP contribution in [0.5, 0.6) is 5.75 Å². The van der Waals surface area contributed by atoms with Crippen molar-refractivity contribution in [1.82, 2.24) is 5.32 Å². The van der Waals surface area contributed by atoms with Crippen LogP contribution in [0.25, 0.3) is 11.0 Å². The van der Waals surface area contributed by atoms with E-state index in [9.17, 15) is 0 Å². The number of rotatable bonds is 6. The van der Waals surface area contributed by atoms with E-state index in [1.807, 2.05) is 30.3 Å². The molecule has 0 aliphatic carbocycles. The van der Waals surface area contributed by atoms with E-state index in [1.54, 1.807) is 0 Å². The smallest absolute Gasteiger partial charge is 0.246 e. The van der Waals surface area contributed by atoms with Crippen molar-refractivity contribution in [2.75, 3.05) is 13.2 Å². The molecule has 19 heavy (non-hydrogen) atoms. The Morgan fingerprint density at radius 2 is 2.16 bits per heavy atom. The molecule has 4 heteroatoms. The number of benzene rings is 1. The maximum atomic E-state index is 9.06. The minimum Gasteiger partial charge on any atom is -0.488 e. The minimum absolute atomic E-state index is 0.248. The highest BCUT2D eigenvalue weighted by Crippen LogP contribution is 2.32. The molecule has 0 atom stereocenters. The molecule has 0 unspecified atom stereocenters. The fraction of sp³-hybridized carbons (Fsp3) is 0.400. The Balaban J connectivity index is 2.01. The van der Waals surface area contributed by atoms with Crippen LogP contribution in [-0.4, -0.2) is 19.2 Å². The van der Waals surface area contributed by atoms with Crippen molar-refractivity contribution in [2.24, 2.45) is 0 Å². The van der Waals surface area contributed by atoms with Crippen molar-refractivity contribution in [3.63, 3.8) is 0 Å². The monoisotopic (exact) mass is 258 g/mol.